The quantitative estimate of drug-likeness (QED) is 0.449. The van der Waals surface area contributed by atoms with Gasteiger partial charge in [0, 0.05) is 18.1 Å². The molecule has 0 spiro atoms. The van der Waals surface area contributed by atoms with E-state index in [9.17, 15) is 9.59 Å². The molecule has 0 aliphatic rings. The van der Waals surface area contributed by atoms with Crippen LogP contribution in [0.3, 0.4) is 0 Å². The van der Waals surface area contributed by atoms with E-state index in [0.717, 1.165) is 16.7 Å². The number of methoxy groups -OCH3 is 1. The second-order valence-electron chi connectivity index (χ2n) is 6.99. The number of benzene rings is 2. The van der Waals surface area contributed by atoms with Gasteiger partial charge < -0.3 is 24.3 Å². The van der Waals surface area contributed by atoms with Crippen LogP contribution < -0.4 is 20.3 Å². The molecule has 2 aromatic heterocycles. The van der Waals surface area contributed by atoms with Gasteiger partial charge in [0.2, 0.25) is 5.91 Å². The molecule has 0 unspecified atom stereocenters. The number of hydrogen-bond acceptors (Lipinski definition) is 5. The zero-order valence-corrected chi connectivity index (χ0v) is 18.2. The molecule has 0 saturated carbocycles. The number of aromatic amines is 1. The predicted molar refractivity (Wildman–Crippen MR) is 123 cm³/mol. The predicted octanol–water partition coefficient (Wildman–Crippen LogP) is 3.60. The molecular weight excluding hydrogens is 416 g/mol. The number of carbonyl (C=O) groups excluding carboxylic acids is 1. The highest BCUT2D eigenvalue weighted by Gasteiger charge is 2.18. The number of nitrogens with zero attached hydrogens (tertiary/aromatic N) is 2. The van der Waals surface area contributed by atoms with Crippen molar-refractivity contribution in [3.05, 3.63) is 57.6 Å². The fourth-order valence-electron chi connectivity index (χ4n) is 3.56. The molecule has 0 saturated heterocycles. The van der Waals surface area contributed by atoms with Crippen LogP contribution in [0.15, 0.2) is 47.3 Å². The molecular formula is C22H22N4O4S. The molecule has 0 aliphatic carbocycles. The van der Waals surface area contributed by atoms with E-state index < -0.39 is 0 Å². The minimum absolute atomic E-state index is 0.0423. The molecule has 9 heteroatoms. The Morgan fingerprint density at radius 2 is 1.87 bits per heavy atom. The molecule has 0 radical (unpaired) electrons. The third kappa shape index (κ3) is 3.79. The Balaban J connectivity index is 1.76. The van der Waals surface area contributed by atoms with Crippen LogP contribution in [0.2, 0.25) is 0 Å². The maximum Gasteiger partial charge on any atom is 0.278 e. The van der Waals surface area contributed by atoms with Gasteiger partial charge in [-0.2, -0.15) is 0 Å². The van der Waals surface area contributed by atoms with E-state index in [1.807, 2.05) is 19.1 Å². The summed E-state index contributed by atoms with van der Waals surface area (Å²) in [7, 11) is 3.18. The van der Waals surface area contributed by atoms with Gasteiger partial charge in [-0.3, -0.25) is 14.2 Å². The van der Waals surface area contributed by atoms with Crippen molar-refractivity contribution < 1.29 is 14.3 Å². The molecule has 0 aliphatic heterocycles. The van der Waals surface area contributed by atoms with Gasteiger partial charge in [-0.05, 0) is 61.6 Å². The number of hydrogen-bond donors (Lipinski definition) is 2. The smallest absolute Gasteiger partial charge is 0.278 e. The van der Waals surface area contributed by atoms with Crippen molar-refractivity contribution in [1.82, 2.24) is 14.1 Å². The average molecular weight is 439 g/mol. The van der Waals surface area contributed by atoms with Crippen molar-refractivity contribution in [2.24, 2.45) is 7.05 Å². The highest BCUT2D eigenvalue weighted by Crippen LogP contribution is 2.29. The summed E-state index contributed by atoms with van der Waals surface area (Å²) >= 11 is 5.28. The third-order valence-corrected chi connectivity index (χ3v) is 5.44. The fourth-order valence-corrected chi connectivity index (χ4v) is 3.75. The van der Waals surface area contributed by atoms with Gasteiger partial charge in [0.05, 0.1) is 24.8 Å². The van der Waals surface area contributed by atoms with Gasteiger partial charge in [0.1, 0.15) is 23.6 Å². The zero-order valence-electron chi connectivity index (χ0n) is 17.4. The number of anilines is 1. The molecule has 31 heavy (non-hydrogen) atoms. The molecule has 160 valence electrons. The Morgan fingerprint density at radius 3 is 2.55 bits per heavy atom. The van der Waals surface area contributed by atoms with Crippen LogP contribution in [0.4, 0.5) is 5.69 Å². The third-order valence-electron chi connectivity index (χ3n) is 5.07. The van der Waals surface area contributed by atoms with E-state index in [1.165, 1.54) is 4.57 Å². The normalized spacial score (nSPS) is 11.1. The number of aromatic nitrogens is 3. The van der Waals surface area contributed by atoms with Crippen LogP contribution in [0.5, 0.6) is 11.5 Å². The molecule has 1 amide bonds. The van der Waals surface area contributed by atoms with Crippen LogP contribution in [-0.4, -0.2) is 33.7 Å². The number of fused-ring (bicyclic) bond motifs is 3. The fraction of sp³-hybridized carbons (Fsp3) is 0.227. The van der Waals surface area contributed by atoms with Crippen molar-refractivity contribution in [3.63, 3.8) is 0 Å². The number of H-pyrrole nitrogens is 1. The highest BCUT2D eigenvalue weighted by atomic mass is 32.1. The van der Waals surface area contributed by atoms with Crippen molar-refractivity contribution in [2.75, 3.05) is 19.0 Å². The Labute approximate surface area is 183 Å². The first kappa shape index (κ1) is 20.7. The highest BCUT2D eigenvalue weighted by molar-refractivity contribution is 7.71. The minimum atomic E-state index is -0.275. The van der Waals surface area contributed by atoms with Crippen LogP contribution in [0.1, 0.15) is 6.92 Å². The first-order valence-corrected chi connectivity index (χ1v) is 10.2. The number of ether oxygens (including phenoxy) is 2. The maximum atomic E-state index is 13.0. The second-order valence-corrected chi connectivity index (χ2v) is 7.38. The minimum Gasteiger partial charge on any atom is -0.497 e. The van der Waals surface area contributed by atoms with E-state index in [1.54, 1.807) is 49.1 Å². The lowest BCUT2D eigenvalue weighted by Gasteiger charge is -2.10. The van der Waals surface area contributed by atoms with Gasteiger partial charge in [0.15, 0.2) is 4.77 Å². The first-order valence-electron chi connectivity index (χ1n) is 9.75. The van der Waals surface area contributed by atoms with Crippen LogP contribution in [-0.2, 0) is 18.4 Å². The largest absolute Gasteiger partial charge is 0.497 e. The number of rotatable bonds is 6. The Kier molecular flexibility index (Phi) is 5.51. The Morgan fingerprint density at radius 1 is 1.16 bits per heavy atom. The molecule has 8 nitrogen and oxygen atoms in total. The first-order chi connectivity index (χ1) is 14.9. The Hall–Kier alpha value is -3.59. The molecule has 0 atom stereocenters. The summed E-state index contributed by atoms with van der Waals surface area (Å²) in [6.45, 7) is 2.44. The summed E-state index contributed by atoms with van der Waals surface area (Å²) in [4.78, 5) is 29.0. The molecule has 0 fully saturated rings. The summed E-state index contributed by atoms with van der Waals surface area (Å²) in [5.41, 5.74) is 2.05. The molecule has 2 heterocycles. The van der Waals surface area contributed by atoms with Crippen molar-refractivity contribution >= 4 is 45.7 Å². The van der Waals surface area contributed by atoms with E-state index in [4.69, 9.17) is 21.7 Å². The average Bonchev–Trinajstić information content (AvgIpc) is 3.06. The van der Waals surface area contributed by atoms with Gasteiger partial charge >= 0.3 is 0 Å². The SMILES string of the molecule is CCOc1ccc(NC(=O)Cn2c3ccc(OC)cc3c3[nH]c(=S)n(C)c(=O)c32)cc1. The van der Waals surface area contributed by atoms with Gasteiger partial charge in [0.25, 0.3) is 5.56 Å². The van der Waals surface area contributed by atoms with Gasteiger partial charge in [-0.1, -0.05) is 0 Å². The number of nitrogens with one attached hydrogen (secondary N) is 2. The second kappa shape index (κ2) is 8.27. The summed E-state index contributed by atoms with van der Waals surface area (Å²) < 4.78 is 14.1. The van der Waals surface area contributed by atoms with E-state index in [2.05, 4.69) is 10.3 Å². The molecule has 0 bridgehead atoms. The van der Waals surface area contributed by atoms with Crippen LogP contribution in [0, 0.1) is 4.77 Å². The van der Waals surface area contributed by atoms with Crippen LogP contribution in [0.25, 0.3) is 21.9 Å². The number of carbonyl (C=O) groups is 1. The summed E-state index contributed by atoms with van der Waals surface area (Å²) in [6, 6.07) is 12.6. The van der Waals surface area contributed by atoms with E-state index in [0.29, 0.717) is 33.8 Å². The monoisotopic (exact) mass is 438 g/mol. The van der Waals surface area contributed by atoms with E-state index in [-0.39, 0.29) is 18.0 Å². The lowest BCUT2D eigenvalue weighted by molar-refractivity contribution is -0.116. The van der Waals surface area contributed by atoms with Crippen LogP contribution >= 0.6 is 12.2 Å². The summed E-state index contributed by atoms with van der Waals surface area (Å²) in [6.07, 6.45) is 0. The topological polar surface area (TPSA) is 90.3 Å². The van der Waals surface area contributed by atoms with Crippen molar-refractivity contribution in [2.45, 2.75) is 13.5 Å². The number of amides is 1. The van der Waals surface area contributed by atoms with Crippen molar-refractivity contribution in [3.8, 4) is 11.5 Å². The summed E-state index contributed by atoms with van der Waals surface area (Å²) in [5, 5.41) is 3.62. The maximum absolute atomic E-state index is 13.0. The molecule has 2 N–H and O–H groups in total. The molecule has 4 rings (SSSR count). The standard InChI is InChI=1S/C22H22N4O4S/c1-4-30-14-7-5-13(6-8-14)23-18(27)12-26-17-10-9-15(29-3)11-16(17)19-20(26)21(28)25(2)22(31)24-19/h5-11H,4,12H2,1-3H3,(H,23,27)(H,24,31). The van der Waals surface area contributed by atoms with Gasteiger partial charge in [-0.15, -0.1) is 0 Å². The molecule has 4 aromatic rings. The lowest BCUT2D eigenvalue weighted by atomic mass is 10.2. The van der Waals surface area contributed by atoms with E-state index >= 15 is 0 Å². The van der Waals surface area contributed by atoms with Gasteiger partial charge in [-0.25, -0.2) is 0 Å². The lowest BCUT2D eigenvalue weighted by Crippen LogP contribution is -2.24. The van der Waals surface area contributed by atoms with Crippen molar-refractivity contribution in [1.29, 1.82) is 0 Å². The zero-order chi connectivity index (χ0) is 22.1. The Bertz CT molecular complexity index is 1400. The summed E-state index contributed by atoms with van der Waals surface area (Å²) in [5.74, 6) is 1.12. The molecule has 2 aromatic carbocycles.